The summed E-state index contributed by atoms with van der Waals surface area (Å²) in [6, 6.07) is 0. The van der Waals surface area contributed by atoms with E-state index >= 15 is 0 Å². The molecule has 1 N–H and O–H groups in total. The fourth-order valence-electron chi connectivity index (χ4n) is 2.56. The second kappa shape index (κ2) is 6.89. The summed E-state index contributed by atoms with van der Waals surface area (Å²) in [5.74, 6) is -0.0782. The maximum absolute atomic E-state index is 11.5. The van der Waals surface area contributed by atoms with Crippen molar-refractivity contribution in [2.24, 2.45) is 0 Å². The van der Waals surface area contributed by atoms with Crippen molar-refractivity contribution in [1.29, 1.82) is 0 Å². The highest BCUT2D eigenvalue weighted by Gasteiger charge is 2.32. The minimum atomic E-state index is -0.0782. The first-order valence-corrected chi connectivity index (χ1v) is 6.54. The summed E-state index contributed by atoms with van der Waals surface area (Å²) in [6.07, 6.45) is 8.94. The van der Waals surface area contributed by atoms with E-state index in [2.05, 4.69) is 12.2 Å². The Balaban J connectivity index is 2.60. The number of esters is 1. The van der Waals surface area contributed by atoms with Crippen molar-refractivity contribution in [3.8, 4) is 0 Å². The van der Waals surface area contributed by atoms with Gasteiger partial charge in [0.15, 0.2) is 0 Å². The van der Waals surface area contributed by atoms with Crippen LogP contribution in [0.4, 0.5) is 0 Å². The van der Waals surface area contributed by atoms with Gasteiger partial charge in [-0.15, -0.1) is 0 Å². The summed E-state index contributed by atoms with van der Waals surface area (Å²) in [7, 11) is 1.48. The summed E-state index contributed by atoms with van der Waals surface area (Å²) in [5.41, 5.74) is 0.0135. The molecule has 3 nitrogen and oxygen atoms in total. The van der Waals surface area contributed by atoms with Gasteiger partial charge in [0, 0.05) is 5.54 Å². The monoisotopic (exact) mass is 227 g/mol. The first kappa shape index (κ1) is 13.5. The maximum atomic E-state index is 11.5. The number of nitrogens with one attached hydrogen (secondary N) is 1. The largest absolute Gasteiger partial charge is 0.469 e. The molecule has 16 heavy (non-hydrogen) atoms. The standard InChI is InChI=1S/C13H25NO2/c1-3-10-14-13(11-12(15)16-2)8-6-4-5-7-9-13/h14H,3-11H2,1-2H3. The van der Waals surface area contributed by atoms with Gasteiger partial charge in [0.05, 0.1) is 13.5 Å². The number of hydrogen-bond donors (Lipinski definition) is 1. The molecule has 0 aromatic carbocycles. The molecule has 1 saturated carbocycles. The van der Waals surface area contributed by atoms with E-state index in [4.69, 9.17) is 4.74 Å². The Morgan fingerprint density at radius 1 is 1.25 bits per heavy atom. The quantitative estimate of drug-likeness (QED) is 0.579. The highest BCUT2D eigenvalue weighted by atomic mass is 16.5. The first-order chi connectivity index (χ1) is 7.72. The molecule has 1 aliphatic carbocycles. The number of ether oxygens (including phenoxy) is 1. The molecule has 0 spiro atoms. The molecule has 94 valence electrons. The van der Waals surface area contributed by atoms with E-state index in [9.17, 15) is 4.79 Å². The Morgan fingerprint density at radius 2 is 1.88 bits per heavy atom. The molecule has 0 amide bonds. The fraction of sp³-hybridized carbons (Fsp3) is 0.923. The van der Waals surface area contributed by atoms with Gasteiger partial charge in [0.1, 0.15) is 0 Å². The Hall–Kier alpha value is -0.570. The predicted molar refractivity (Wildman–Crippen MR) is 65.4 cm³/mol. The molecule has 0 aromatic heterocycles. The van der Waals surface area contributed by atoms with E-state index in [1.54, 1.807) is 0 Å². The Kier molecular flexibility index (Phi) is 5.81. The number of methoxy groups -OCH3 is 1. The zero-order valence-electron chi connectivity index (χ0n) is 10.7. The van der Waals surface area contributed by atoms with Crippen LogP contribution in [-0.2, 0) is 9.53 Å². The van der Waals surface area contributed by atoms with E-state index in [1.165, 1.54) is 32.8 Å². The molecular formula is C13H25NO2. The maximum Gasteiger partial charge on any atom is 0.307 e. The van der Waals surface area contributed by atoms with E-state index in [-0.39, 0.29) is 11.5 Å². The third-order valence-corrected chi connectivity index (χ3v) is 3.52. The van der Waals surface area contributed by atoms with Gasteiger partial charge in [-0.1, -0.05) is 32.6 Å². The van der Waals surface area contributed by atoms with Crippen LogP contribution in [0, 0.1) is 0 Å². The third kappa shape index (κ3) is 4.12. The molecule has 0 saturated heterocycles. The third-order valence-electron chi connectivity index (χ3n) is 3.52. The first-order valence-electron chi connectivity index (χ1n) is 6.54. The molecule has 0 radical (unpaired) electrons. The molecule has 0 aliphatic heterocycles. The smallest absolute Gasteiger partial charge is 0.307 e. The van der Waals surface area contributed by atoms with Crippen LogP contribution in [0.3, 0.4) is 0 Å². The number of hydrogen-bond acceptors (Lipinski definition) is 3. The van der Waals surface area contributed by atoms with Crippen molar-refractivity contribution in [2.75, 3.05) is 13.7 Å². The van der Waals surface area contributed by atoms with E-state index in [0.717, 1.165) is 25.8 Å². The lowest BCUT2D eigenvalue weighted by molar-refractivity contribution is -0.142. The fourth-order valence-corrected chi connectivity index (χ4v) is 2.56. The second-order valence-electron chi connectivity index (χ2n) is 4.87. The van der Waals surface area contributed by atoms with Gasteiger partial charge < -0.3 is 10.1 Å². The average Bonchev–Trinajstić information content (AvgIpc) is 2.52. The zero-order chi connectivity index (χ0) is 11.9. The van der Waals surface area contributed by atoms with Crippen LogP contribution >= 0.6 is 0 Å². The van der Waals surface area contributed by atoms with Gasteiger partial charge in [0.25, 0.3) is 0 Å². The molecule has 1 rings (SSSR count). The van der Waals surface area contributed by atoms with Crippen molar-refractivity contribution in [2.45, 2.75) is 63.8 Å². The van der Waals surface area contributed by atoms with Gasteiger partial charge >= 0.3 is 5.97 Å². The van der Waals surface area contributed by atoms with E-state index in [1.807, 2.05) is 0 Å². The summed E-state index contributed by atoms with van der Waals surface area (Å²) in [5, 5.41) is 3.59. The number of carbonyl (C=O) groups is 1. The minimum Gasteiger partial charge on any atom is -0.469 e. The molecule has 0 unspecified atom stereocenters. The van der Waals surface area contributed by atoms with Crippen LogP contribution in [0.2, 0.25) is 0 Å². The summed E-state index contributed by atoms with van der Waals surface area (Å²) < 4.78 is 4.82. The topological polar surface area (TPSA) is 38.3 Å². The lowest BCUT2D eigenvalue weighted by Gasteiger charge is -2.33. The predicted octanol–water partition coefficient (Wildman–Crippen LogP) is 2.64. The van der Waals surface area contributed by atoms with Crippen LogP contribution in [0.25, 0.3) is 0 Å². The average molecular weight is 227 g/mol. The molecule has 1 aliphatic rings. The van der Waals surface area contributed by atoms with Gasteiger partial charge in [-0.2, -0.15) is 0 Å². The summed E-state index contributed by atoms with van der Waals surface area (Å²) in [4.78, 5) is 11.5. The van der Waals surface area contributed by atoms with Crippen LogP contribution < -0.4 is 5.32 Å². The highest BCUT2D eigenvalue weighted by Crippen LogP contribution is 2.30. The van der Waals surface area contributed by atoms with Crippen molar-refractivity contribution in [1.82, 2.24) is 5.32 Å². The van der Waals surface area contributed by atoms with Crippen molar-refractivity contribution >= 4 is 5.97 Å². The van der Waals surface area contributed by atoms with Crippen LogP contribution in [0.15, 0.2) is 0 Å². The Labute approximate surface area is 98.9 Å². The van der Waals surface area contributed by atoms with Gasteiger partial charge in [-0.3, -0.25) is 4.79 Å². The number of carbonyl (C=O) groups excluding carboxylic acids is 1. The summed E-state index contributed by atoms with van der Waals surface area (Å²) >= 11 is 0. The molecule has 0 bridgehead atoms. The molecule has 0 aromatic rings. The lowest BCUT2D eigenvalue weighted by Crippen LogP contribution is -2.47. The Morgan fingerprint density at radius 3 is 2.38 bits per heavy atom. The Bertz CT molecular complexity index is 208. The van der Waals surface area contributed by atoms with Gasteiger partial charge in [-0.25, -0.2) is 0 Å². The summed E-state index contributed by atoms with van der Waals surface area (Å²) in [6.45, 7) is 3.16. The van der Waals surface area contributed by atoms with E-state index in [0.29, 0.717) is 6.42 Å². The zero-order valence-corrected chi connectivity index (χ0v) is 10.7. The van der Waals surface area contributed by atoms with Gasteiger partial charge in [0.2, 0.25) is 0 Å². The van der Waals surface area contributed by atoms with Crippen LogP contribution in [0.5, 0.6) is 0 Å². The van der Waals surface area contributed by atoms with Crippen molar-refractivity contribution < 1.29 is 9.53 Å². The SMILES string of the molecule is CCCNC1(CC(=O)OC)CCCCCC1. The highest BCUT2D eigenvalue weighted by molar-refractivity contribution is 5.70. The normalized spacial score (nSPS) is 20.1. The van der Waals surface area contributed by atoms with Crippen LogP contribution in [0.1, 0.15) is 58.3 Å². The van der Waals surface area contributed by atoms with E-state index < -0.39 is 0 Å². The minimum absolute atomic E-state index is 0.0135. The molecule has 3 heteroatoms. The molecular weight excluding hydrogens is 202 g/mol. The van der Waals surface area contributed by atoms with Crippen molar-refractivity contribution in [3.63, 3.8) is 0 Å². The molecule has 0 heterocycles. The molecule has 1 fully saturated rings. The lowest BCUT2D eigenvalue weighted by atomic mass is 9.86. The number of rotatable bonds is 5. The second-order valence-corrected chi connectivity index (χ2v) is 4.87. The van der Waals surface area contributed by atoms with Crippen molar-refractivity contribution in [3.05, 3.63) is 0 Å². The molecule has 0 atom stereocenters. The van der Waals surface area contributed by atoms with Crippen LogP contribution in [-0.4, -0.2) is 25.2 Å². The van der Waals surface area contributed by atoms with Gasteiger partial charge in [-0.05, 0) is 25.8 Å².